The SMILES string of the molecule is CCc1oc2c(CC3C[NH2+]CCO3)cc(Br)cc2c1C(=O)[O-]. The molecule has 2 N–H and O–H groups in total. The first-order valence-corrected chi connectivity index (χ1v) is 8.27. The number of rotatable bonds is 4. The molecule has 0 amide bonds. The Bertz CT molecular complexity index is 704. The molecule has 5 nitrogen and oxygen atoms in total. The van der Waals surface area contributed by atoms with E-state index in [9.17, 15) is 9.90 Å². The fraction of sp³-hybridized carbons (Fsp3) is 0.438. The van der Waals surface area contributed by atoms with E-state index in [1.165, 1.54) is 0 Å². The van der Waals surface area contributed by atoms with Gasteiger partial charge in [-0.2, -0.15) is 0 Å². The van der Waals surface area contributed by atoms with Crippen LogP contribution in [0.15, 0.2) is 21.0 Å². The summed E-state index contributed by atoms with van der Waals surface area (Å²) in [7, 11) is 0. The lowest BCUT2D eigenvalue weighted by molar-refractivity contribution is -0.677. The first-order valence-electron chi connectivity index (χ1n) is 7.48. The van der Waals surface area contributed by atoms with Gasteiger partial charge in [-0.25, -0.2) is 0 Å². The average Bonchev–Trinajstić information content (AvgIpc) is 2.87. The first kappa shape index (κ1) is 15.5. The topological polar surface area (TPSA) is 79.1 Å². The van der Waals surface area contributed by atoms with E-state index in [2.05, 4.69) is 21.2 Å². The number of morpholine rings is 1. The zero-order valence-corrected chi connectivity index (χ0v) is 13.9. The molecule has 0 aliphatic carbocycles. The maximum Gasteiger partial charge on any atom is 0.138 e. The van der Waals surface area contributed by atoms with Crippen LogP contribution in [0.2, 0.25) is 0 Å². The molecule has 0 saturated carbocycles. The summed E-state index contributed by atoms with van der Waals surface area (Å²) >= 11 is 3.46. The van der Waals surface area contributed by atoms with Crippen molar-refractivity contribution in [3.8, 4) is 0 Å². The second-order valence-electron chi connectivity index (χ2n) is 5.49. The van der Waals surface area contributed by atoms with Crippen molar-refractivity contribution in [2.45, 2.75) is 25.9 Å². The lowest BCUT2D eigenvalue weighted by Gasteiger charge is -2.21. The third-order valence-electron chi connectivity index (χ3n) is 3.98. The van der Waals surface area contributed by atoms with E-state index < -0.39 is 5.97 Å². The van der Waals surface area contributed by atoms with Crippen LogP contribution in [0.5, 0.6) is 0 Å². The zero-order valence-electron chi connectivity index (χ0n) is 12.4. The van der Waals surface area contributed by atoms with Crippen molar-refractivity contribution in [1.82, 2.24) is 0 Å². The molecule has 2 heterocycles. The molecule has 1 aromatic heterocycles. The highest BCUT2D eigenvalue weighted by Gasteiger charge is 2.22. The predicted octanol–water partition coefficient (Wildman–Crippen LogP) is 0.626. The minimum Gasteiger partial charge on any atom is -0.545 e. The average molecular weight is 368 g/mol. The molecule has 3 rings (SSSR count). The van der Waals surface area contributed by atoms with Gasteiger partial charge in [0.15, 0.2) is 0 Å². The van der Waals surface area contributed by atoms with Gasteiger partial charge in [-0.15, -0.1) is 0 Å². The fourth-order valence-electron chi connectivity index (χ4n) is 2.98. The number of carboxylic acid groups (broad SMARTS) is 1. The summed E-state index contributed by atoms with van der Waals surface area (Å²) in [6.45, 7) is 4.51. The molecule has 0 radical (unpaired) electrons. The number of quaternary nitrogens is 1. The number of fused-ring (bicyclic) bond motifs is 1. The predicted molar refractivity (Wildman–Crippen MR) is 82.7 cm³/mol. The summed E-state index contributed by atoms with van der Waals surface area (Å²) < 4.78 is 12.4. The Hall–Kier alpha value is -1.37. The standard InChI is InChI=1S/C16H18BrNO4/c1-2-13-14(16(19)20)12-7-10(17)5-9(15(12)22-13)6-11-8-18-3-4-21-11/h5,7,11,18H,2-4,6,8H2,1H3,(H,19,20). The number of aromatic carboxylic acids is 1. The number of benzene rings is 1. The van der Waals surface area contributed by atoms with Gasteiger partial charge in [0.2, 0.25) is 0 Å². The van der Waals surface area contributed by atoms with Crippen molar-refractivity contribution in [1.29, 1.82) is 0 Å². The maximum absolute atomic E-state index is 11.5. The third kappa shape index (κ3) is 2.91. The number of ether oxygens (including phenoxy) is 1. The Morgan fingerprint density at radius 3 is 2.95 bits per heavy atom. The van der Waals surface area contributed by atoms with Crippen LogP contribution >= 0.6 is 15.9 Å². The lowest BCUT2D eigenvalue weighted by Crippen LogP contribution is -2.89. The highest BCUT2D eigenvalue weighted by Crippen LogP contribution is 2.32. The van der Waals surface area contributed by atoms with Crippen LogP contribution in [0.4, 0.5) is 0 Å². The van der Waals surface area contributed by atoms with Crippen LogP contribution in [0.25, 0.3) is 11.0 Å². The molecule has 1 atom stereocenters. The molecule has 22 heavy (non-hydrogen) atoms. The van der Waals surface area contributed by atoms with Gasteiger partial charge in [0, 0.05) is 28.3 Å². The second-order valence-corrected chi connectivity index (χ2v) is 6.41. The largest absolute Gasteiger partial charge is 0.545 e. The number of carbonyl (C=O) groups is 1. The molecule has 2 aromatic rings. The van der Waals surface area contributed by atoms with Crippen LogP contribution in [0.1, 0.15) is 28.6 Å². The Balaban J connectivity index is 2.07. The second kappa shape index (κ2) is 6.40. The molecule has 0 spiro atoms. The van der Waals surface area contributed by atoms with Gasteiger partial charge in [0.25, 0.3) is 0 Å². The number of nitrogens with two attached hydrogens (primary N) is 1. The minimum absolute atomic E-state index is 0.118. The van der Waals surface area contributed by atoms with E-state index in [0.717, 1.165) is 29.7 Å². The van der Waals surface area contributed by atoms with E-state index in [4.69, 9.17) is 9.15 Å². The highest BCUT2D eigenvalue weighted by atomic mass is 79.9. The number of carbonyl (C=O) groups excluding carboxylic acids is 1. The molecule has 1 saturated heterocycles. The number of hydrogen-bond donors (Lipinski definition) is 1. The molecule has 1 fully saturated rings. The van der Waals surface area contributed by atoms with Crippen molar-refractivity contribution >= 4 is 32.9 Å². The first-order chi connectivity index (χ1) is 10.6. The van der Waals surface area contributed by atoms with Gasteiger partial charge in [-0.05, 0) is 17.7 Å². The monoisotopic (exact) mass is 367 g/mol. The summed E-state index contributed by atoms with van der Waals surface area (Å²) in [6, 6.07) is 3.75. The lowest BCUT2D eigenvalue weighted by atomic mass is 10.0. The Morgan fingerprint density at radius 2 is 2.32 bits per heavy atom. The normalized spacial score (nSPS) is 18.7. The van der Waals surface area contributed by atoms with Gasteiger partial charge in [0.1, 0.15) is 24.0 Å². The van der Waals surface area contributed by atoms with Gasteiger partial charge in [0.05, 0.1) is 19.1 Å². The van der Waals surface area contributed by atoms with Gasteiger partial charge < -0.3 is 24.4 Å². The quantitative estimate of drug-likeness (QED) is 0.859. The van der Waals surface area contributed by atoms with E-state index in [1.807, 2.05) is 13.0 Å². The molecule has 1 aliphatic heterocycles. The zero-order chi connectivity index (χ0) is 15.7. The Kier molecular flexibility index (Phi) is 4.52. The van der Waals surface area contributed by atoms with Crippen molar-refractivity contribution < 1.29 is 24.4 Å². The third-order valence-corrected chi connectivity index (χ3v) is 4.44. The van der Waals surface area contributed by atoms with Crippen LogP contribution in [0, 0.1) is 0 Å². The fourth-order valence-corrected chi connectivity index (χ4v) is 3.49. The number of hydrogen-bond acceptors (Lipinski definition) is 4. The van der Waals surface area contributed by atoms with Crippen LogP contribution in [-0.4, -0.2) is 31.8 Å². The van der Waals surface area contributed by atoms with Crippen LogP contribution in [0.3, 0.4) is 0 Å². The molecule has 118 valence electrons. The van der Waals surface area contributed by atoms with Gasteiger partial charge in [-0.1, -0.05) is 22.9 Å². The highest BCUT2D eigenvalue weighted by molar-refractivity contribution is 9.10. The number of aryl methyl sites for hydroxylation is 1. The molecular weight excluding hydrogens is 350 g/mol. The van der Waals surface area contributed by atoms with Crippen molar-refractivity contribution in [3.63, 3.8) is 0 Å². The summed E-state index contributed by atoms with van der Waals surface area (Å²) in [5.41, 5.74) is 1.76. The Morgan fingerprint density at radius 1 is 1.50 bits per heavy atom. The summed E-state index contributed by atoms with van der Waals surface area (Å²) in [4.78, 5) is 11.5. The molecule has 1 unspecified atom stereocenters. The smallest absolute Gasteiger partial charge is 0.138 e. The Labute approximate surface area is 136 Å². The summed E-state index contributed by atoms with van der Waals surface area (Å²) in [6.07, 6.45) is 1.34. The summed E-state index contributed by atoms with van der Waals surface area (Å²) in [5.74, 6) is -0.729. The van der Waals surface area contributed by atoms with E-state index in [1.54, 1.807) is 6.07 Å². The number of halogens is 1. The van der Waals surface area contributed by atoms with Crippen molar-refractivity contribution in [2.24, 2.45) is 0 Å². The molecule has 6 heteroatoms. The van der Waals surface area contributed by atoms with E-state index in [-0.39, 0.29) is 11.7 Å². The van der Waals surface area contributed by atoms with Crippen LogP contribution < -0.4 is 10.4 Å². The number of furan rings is 1. The summed E-state index contributed by atoms with van der Waals surface area (Å²) in [5, 5.41) is 14.3. The van der Waals surface area contributed by atoms with Crippen LogP contribution in [-0.2, 0) is 17.6 Å². The minimum atomic E-state index is -1.19. The van der Waals surface area contributed by atoms with Crippen molar-refractivity contribution in [2.75, 3.05) is 19.7 Å². The molecular formula is C16H18BrNO4. The van der Waals surface area contributed by atoms with Gasteiger partial charge >= 0.3 is 0 Å². The van der Waals surface area contributed by atoms with Gasteiger partial charge in [-0.3, -0.25) is 0 Å². The molecule has 1 aromatic carbocycles. The van der Waals surface area contributed by atoms with E-state index in [0.29, 0.717) is 29.6 Å². The van der Waals surface area contributed by atoms with Crippen molar-refractivity contribution in [3.05, 3.63) is 33.5 Å². The molecule has 0 bridgehead atoms. The molecule has 1 aliphatic rings. The van der Waals surface area contributed by atoms with E-state index >= 15 is 0 Å². The number of carboxylic acids is 1. The maximum atomic E-state index is 11.5.